The third-order valence-corrected chi connectivity index (χ3v) is 3.63. The molecular weight excluding hydrogens is 296 g/mol. The molecule has 2 aromatic carbocycles. The zero-order chi connectivity index (χ0) is 15.6. The average Bonchev–Trinajstić information content (AvgIpc) is 2.45. The second kappa shape index (κ2) is 6.41. The van der Waals surface area contributed by atoms with Gasteiger partial charge in [0, 0.05) is 11.1 Å². The van der Waals surface area contributed by atoms with Crippen molar-refractivity contribution in [2.45, 2.75) is 13.0 Å². The fourth-order valence-electron chi connectivity index (χ4n) is 2.32. The lowest BCUT2D eigenvalue weighted by atomic mass is 9.96. The third-order valence-electron chi connectivity index (χ3n) is 3.34. The van der Waals surface area contributed by atoms with E-state index in [0.717, 1.165) is 23.3 Å². The molecule has 2 nitrogen and oxygen atoms in total. The Morgan fingerprint density at radius 2 is 1.81 bits per heavy atom. The van der Waals surface area contributed by atoms with Crippen LogP contribution in [0.4, 0.5) is 8.78 Å². The lowest BCUT2D eigenvalue weighted by Gasteiger charge is -2.21. The Morgan fingerprint density at radius 1 is 1.10 bits per heavy atom. The highest BCUT2D eigenvalue weighted by molar-refractivity contribution is 6.30. The molecule has 2 aromatic rings. The maximum absolute atomic E-state index is 14.2. The van der Waals surface area contributed by atoms with Gasteiger partial charge in [-0.15, -0.1) is 0 Å². The van der Waals surface area contributed by atoms with Crippen LogP contribution in [-0.2, 0) is 0 Å². The fourth-order valence-corrected chi connectivity index (χ4v) is 2.47. The summed E-state index contributed by atoms with van der Waals surface area (Å²) in [5, 5.41) is 2.76. The lowest BCUT2D eigenvalue weighted by Crippen LogP contribution is -2.20. The van der Waals surface area contributed by atoms with Crippen LogP contribution in [0.5, 0.6) is 5.75 Å². The first-order chi connectivity index (χ1) is 9.97. The van der Waals surface area contributed by atoms with E-state index in [4.69, 9.17) is 16.3 Å². The number of methoxy groups -OCH3 is 1. The highest BCUT2D eigenvalue weighted by atomic mass is 35.5. The fraction of sp³-hybridized carbons (Fsp3) is 0.250. The van der Waals surface area contributed by atoms with E-state index in [1.807, 2.05) is 19.1 Å². The summed E-state index contributed by atoms with van der Waals surface area (Å²) in [6.45, 7) is 1.93. The Labute approximate surface area is 127 Å². The van der Waals surface area contributed by atoms with Crippen LogP contribution in [-0.4, -0.2) is 14.2 Å². The summed E-state index contributed by atoms with van der Waals surface area (Å²) in [4.78, 5) is 0. The van der Waals surface area contributed by atoms with E-state index in [0.29, 0.717) is 5.75 Å². The maximum atomic E-state index is 14.2. The molecule has 0 aliphatic heterocycles. The largest absolute Gasteiger partial charge is 0.496 e. The van der Waals surface area contributed by atoms with E-state index in [1.165, 1.54) is 0 Å². The van der Waals surface area contributed by atoms with Crippen molar-refractivity contribution in [3.63, 3.8) is 0 Å². The maximum Gasteiger partial charge on any atom is 0.142 e. The Morgan fingerprint density at radius 3 is 2.43 bits per heavy atom. The van der Waals surface area contributed by atoms with E-state index in [1.54, 1.807) is 20.2 Å². The highest BCUT2D eigenvalue weighted by Crippen LogP contribution is 2.33. The monoisotopic (exact) mass is 311 g/mol. The summed E-state index contributed by atoms with van der Waals surface area (Å²) in [6, 6.07) is 7.14. The summed E-state index contributed by atoms with van der Waals surface area (Å²) < 4.78 is 33.1. The number of benzene rings is 2. The van der Waals surface area contributed by atoms with Crippen LogP contribution in [0.3, 0.4) is 0 Å². The van der Waals surface area contributed by atoms with Crippen LogP contribution in [0, 0.1) is 18.6 Å². The molecule has 0 fully saturated rings. The van der Waals surface area contributed by atoms with Crippen molar-refractivity contribution < 1.29 is 13.5 Å². The number of rotatable bonds is 4. The van der Waals surface area contributed by atoms with Crippen molar-refractivity contribution in [1.82, 2.24) is 5.32 Å². The molecule has 112 valence electrons. The number of hydrogen-bond acceptors (Lipinski definition) is 2. The molecule has 0 spiro atoms. The van der Waals surface area contributed by atoms with Crippen LogP contribution >= 0.6 is 11.6 Å². The Kier molecular flexibility index (Phi) is 4.80. The molecular formula is C16H16ClF2NO. The van der Waals surface area contributed by atoms with Gasteiger partial charge >= 0.3 is 0 Å². The van der Waals surface area contributed by atoms with E-state index >= 15 is 0 Å². The van der Waals surface area contributed by atoms with E-state index < -0.39 is 17.7 Å². The number of ether oxygens (including phenoxy) is 1. The Hall–Kier alpha value is -1.65. The summed E-state index contributed by atoms with van der Waals surface area (Å²) in [6.07, 6.45) is 0. The number of nitrogens with one attached hydrogen (secondary N) is 1. The molecule has 0 amide bonds. The van der Waals surface area contributed by atoms with Gasteiger partial charge in [-0.05, 0) is 32.2 Å². The van der Waals surface area contributed by atoms with Gasteiger partial charge in [-0.25, -0.2) is 8.78 Å². The molecule has 1 N–H and O–H groups in total. The van der Waals surface area contributed by atoms with Crippen molar-refractivity contribution in [1.29, 1.82) is 0 Å². The molecule has 1 unspecified atom stereocenters. The molecule has 5 heteroatoms. The third kappa shape index (κ3) is 3.17. The molecule has 0 aromatic heterocycles. The molecule has 0 aliphatic rings. The molecule has 0 bridgehead atoms. The van der Waals surface area contributed by atoms with Crippen LogP contribution in [0.1, 0.15) is 22.7 Å². The van der Waals surface area contributed by atoms with E-state index in [9.17, 15) is 8.78 Å². The molecule has 0 radical (unpaired) electrons. The zero-order valence-corrected chi connectivity index (χ0v) is 12.8. The standard InChI is InChI=1S/C16H16ClF2NO/c1-9-4-5-15(21-3)11(6-9)16(20-2)10-7-14(19)12(17)8-13(10)18/h4-8,16,20H,1-3H3. The average molecular weight is 312 g/mol. The van der Waals surface area contributed by atoms with Crippen molar-refractivity contribution >= 4 is 11.6 Å². The number of aryl methyl sites for hydroxylation is 1. The van der Waals surface area contributed by atoms with Crippen LogP contribution in [0.2, 0.25) is 5.02 Å². The van der Waals surface area contributed by atoms with Gasteiger partial charge in [0.05, 0.1) is 18.2 Å². The van der Waals surface area contributed by atoms with Crippen molar-refractivity contribution in [3.05, 3.63) is 63.7 Å². The first kappa shape index (κ1) is 15.7. The minimum absolute atomic E-state index is 0.184. The number of hydrogen-bond donors (Lipinski definition) is 1. The SMILES string of the molecule is CNC(c1cc(F)c(Cl)cc1F)c1cc(C)ccc1OC. The van der Waals surface area contributed by atoms with Crippen LogP contribution in [0.15, 0.2) is 30.3 Å². The minimum Gasteiger partial charge on any atom is -0.496 e. The molecule has 21 heavy (non-hydrogen) atoms. The minimum atomic E-state index is -0.653. The van der Waals surface area contributed by atoms with Gasteiger partial charge in [0.2, 0.25) is 0 Å². The van der Waals surface area contributed by atoms with Gasteiger partial charge in [-0.1, -0.05) is 29.3 Å². The molecule has 0 aliphatic carbocycles. The predicted molar refractivity (Wildman–Crippen MR) is 80.0 cm³/mol. The second-order valence-electron chi connectivity index (χ2n) is 4.75. The second-order valence-corrected chi connectivity index (χ2v) is 5.16. The smallest absolute Gasteiger partial charge is 0.142 e. The van der Waals surface area contributed by atoms with Crippen LogP contribution in [0.25, 0.3) is 0 Å². The van der Waals surface area contributed by atoms with Crippen LogP contribution < -0.4 is 10.1 Å². The molecule has 0 saturated carbocycles. The predicted octanol–water partition coefficient (Wildman–Crippen LogP) is 4.24. The zero-order valence-electron chi connectivity index (χ0n) is 12.0. The van der Waals surface area contributed by atoms with Crippen molar-refractivity contribution in [2.24, 2.45) is 0 Å². The lowest BCUT2D eigenvalue weighted by molar-refractivity contribution is 0.404. The van der Waals surface area contributed by atoms with Gasteiger partial charge < -0.3 is 10.1 Å². The quantitative estimate of drug-likeness (QED) is 0.853. The van der Waals surface area contributed by atoms with Gasteiger partial charge in [0.15, 0.2) is 0 Å². The van der Waals surface area contributed by atoms with E-state index in [2.05, 4.69) is 5.32 Å². The summed E-state index contributed by atoms with van der Waals surface area (Å²) in [5.41, 5.74) is 1.92. The first-order valence-electron chi connectivity index (χ1n) is 6.44. The first-order valence-corrected chi connectivity index (χ1v) is 6.82. The van der Waals surface area contributed by atoms with Gasteiger partial charge in [-0.2, -0.15) is 0 Å². The molecule has 2 rings (SSSR count). The van der Waals surface area contributed by atoms with Crippen molar-refractivity contribution in [3.8, 4) is 5.75 Å². The summed E-state index contributed by atoms with van der Waals surface area (Å²) >= 11 is 5.60. The summed E-state index contributed by atoms with van der Waals surface area (Å²) in [7, 11) is 3.22. The highest BCUT2D eigenvalue weighted by Gasteiger charge is 2.21. The van der Waals surface area contributed by atoms with Gasteiger partial charge in [0.1, 0.15) is 17.4 Å². The number of halogens is 3. The molecule has 0 heterocycles. The molecule has 0 saturated heterocycles. The van der Waals surface area contributed by atoms with Gasteiger partial charge in [0.25, 0.3) is 0 Å². The Balaban J connectivity index is 2.59. The van der Waals surface area contributed by atoms with Gasteiger partial charge in [-0.3, -0.25) is 0 Å². The Bertz CT molecular complexity index is 661. The van der Waals surface area contributed by atoms with Crippen molar-refractivity contribution in [2.75, 3.05) is 14.2 Å². The normalized spacial score (nSPS) is 12.3. The van der Waals surface area contributed by atoms with E-state index in [-0.39, 0.29) is 10.6 Å². The summed E-state index contributed by atoms with van der Waals surface area (Å²) in [5.74, 6) is -0.612. The topological polar surface area (TPSA) is 21.3 Å². The molecule has 1 atom stereocenters.